The molecule has 1 aliphatic heterocycles. The Morgan fingerprint density at radius 2 is 1.79 bits per heavy atom. The van der Waals surface area contributed by atoms with Crippen molar-refractivity contribution in [3.63, 3.8) is 0 Å². The summed E-state index contributed by atoms with van der Waals surface area (Å²) >= 11 is 4.73. The van der Waals surface area contributed by atoms with E-state index in [-0.39, 0.29) is 18.3 Å². The molecule has 0 saturated carbocycles. The topological polar surface area (TPSA) is 79.1 Å². The predicted octanol–water partition coefficient (Wildman–Crippen LogP) is 5.93. The number of ether oxygens (including phenoxy) is 3. The van der Waals surface area contributed by atoms with Crippen LogP contribution in [0.4, 0.5) is 0 Å². The van der Waals surface area contributed by atoms with E-state index in [2.05, 4.69) is 20.9 Å². The highest BCUT2D eigenvalue weighted by atomic mass is 79.9. The molecule has 0 aliphatic carbocycles. The summed E-state index contributed by atoms with van der Waals surface area (Å²) in [5, 5.41) is 0. The first-order valence-corrected chi connectivity index (χ1v) is 15.3. The summed E-state index contributed by atoms with van der Waals surface area (Å²) in [6.07, 6.45) is 1.74. The Kier molecular flexibility index (Phi) is 9.09. The molecule has 2 heterocycles. The van der Waals surface area contributed by atoms with Gasteiger partial charge in [-0.15, -0.1) is 0 Å². The Balaban J connectivity index is 1.52. The number of aromatic nitrogens is 1. The third-order valence-electron chi connectivity index (χ3n) is 6.59. The Labute approximate surface area is 256 Å². The lowest BCUT2D eigenvalue weighted by atomic mass is 9.95. The quantitative estimate of drug-likeness (QED) is 0.211. The van der Waals surface area contributed by atoms with Crippen molar-refractivity contribution in [1.29, 1.82) is 0 Å². The Hall–Kier alpha value is -3.95. The van der Waals surface area contributed by atoms with Crippen molar-refractivity contribution in [2.24, 2.45) is 4.99 Å². The summed E-state index contributed by atoms with van der Waals surface area (Å²) in [5.41, 5.74) is 3.20. The number of rotatable bonds is 9. The average Bonchev–Trinajstić information content (AvgIpc) is 3.27. The third-order valence-corrected chi connectivity index (χ3v) is 8.10. The van der Waals surface area contributed by atoms with Crippen LogP contribution in [-0.2, 0) is 16.1 Å². The van der Waals surface area contributed by atoms with Gasteiger partial charge in [0.2, 0.25) is 0 Å². The van der Waals surface area contributed by atoms with Crippen LogP contribution in [0.3, 0.4) is 0 Å². The molecule has 0 spiro atoms. The minimum absolute atomic E-state index is 0.0973. The van der Waals surface area contributed by atoms with Crippen LogP contribution >= 0.6 is 27.3 Å². The van der Waals surface area contributed by atoms with Crippen molar-refractivity contribution in [3.8, 4) is 11.5 Å². The summed E-state index contributed by atoms with van der Waals surface area (Å²) in [6, 6.07) is 22.3. The van der Waals surface area contributed by atoms with E-state index in [4.69, 9.17) is 14.2 Å². The van der Waals surface area contributed by atoms with Gasteiger partial charge in [0.25, 0.3) is 5.56 Å². The first-order valence-electron chi connectivity index (χ1n) is 13.7. The number of fused-ring (bicyclic) bond motifs is 1. The summed E-state index contributed by atoms with van der Waals surface area (Å²) < 4.78 is 20.5. The molecule has 42 heavy (non-hydrogen) atoms. The fourth-order valence-electron chi connectivity index (χ4n) is 4.71. The number of allylic oxidation sites excluding steroid dienone is 1. The Morgan fingerprint density at radius 3 is 2.48 bits per heavy atom. The minimum Gasteiger partial charge on any atom is -0.491 e. The molecular formula is C33H31BrN2O5S. The zero-order valence-corrected chi connectivity index (χ0v) is 26.2. The number of thiazole rings is 1. The van der Waals surface area contributed by atoms with Crippen LogP contribution in [0, 0.1) is 0 Å². The number of esters is 1. The van der Waals surface area contributed by atoms with E-state index in [9.17, 15) is 9.59 Å². The molecule has 7 nitrogen and oxygen atoms in total. The van der Waals surface area contributed by atoms with Gasteiger partial charge in [0.1, 0.15) is 24.1 Å². The molecule has 0 bridgehead atoms. The van der Waals surface area contributed by atoms with Gasteiger partial charge >= 0.3 is 5.97 Å². The first kappa shape index (κ1) is 29.5. The molecule has 0 N–H and O–H groups in total. The molecule has 1 aliphatic rings. The average molecular weight is 648 g/mol. The number of benzene rings is 3. The summed E-state index contributed by atoms with van der Waals surface area (Å²) in [6.45, 7) is 8.06. The number of nitrogens with zero attached hydrogens (tertiary/aromatic N) is 2. The van der Waals surface area contributed by atoms with Gasteiger partial charge in [0.15, 0.2) is 4.80 Å². The molecule has 1 aromatic heterocycles. The van der Waals surface area contributed by atoms with Crippen LogP contribution in [0.25, 0.3) is 6.08 Å². The van der Waals surface area contributed by atoms with Gasteiger partial charge in [-0.3, -0.25) is 9.36 Å². The monoisotopic (exact) mass is 646 g/mol. The van der Waals surface area contributed by atoms with E-state index in [1.807, 2.05) is 92.7 Å². The molecule has 0 unspecified atom stereocenters. The Bertz CT molecular complexity index is 1800. The highest BCUT2D eigenvalue weighted by Gasteiger charge is 2.35. The summed E-state index contributed by atoms with van der Waals surface area (Å²) in [5.74, 6) is 0.825. The maximum absolute atomic E-state index is 14.0. The SMILES string of the molecule is CCOC(=O)C1=C(C)N=c2s/c(=C/c3ccc(OCc4ccc(Br)cc4)cc3)c(=O)n2[C@H]1c1ccccc1OC(C)C. The van der Waals surface area contributed by atoms with Crippen molar-refractivity contribution in [3.05, 3.63) is 125 Å². The molecule has 0 saturated heterocycles. The molecule has 216 valence electrons. The van der Waals surface area contributed by atoms with E-state index < -0.39 is 12.0 Å². The number of hydrogen-bond acceptors (Lipinski definition) is 7. The van der Waals surface area contributed by atoms with Crippen molar-refractivity contribution in [2.45, 2.75) is 46.4 Å². The zero-order chi connectivity index (χ0) is 29.8. The van der Waals surface area contributed by atoms with Crippen LogP contribution in [0.1, 0.15) is 50.4 Å². The largest absolute Gasteiger partial charge is 0.491 e. The normalized spacial score (nSPS) is 14.9. The maximum Gasteiger partial charge on any atom is 0.338 e. The van der Waals surface area contributed by atoms with Crippen molar-refractivity contribution >= 4 is 39.3 Å². The molecule has 5 rings (SSSR count). The van der Waals surface area contributed by atoms with Gasteiger partial charge in [0, 0.05) is 10.0 Å². The lowest BCUT2D eigenvalue weighted by Gasteiger charge is -2.26. The van der Waals surface area contributed by atoms with Gasteiger partial charge in [-0.1, -0.05) is 69.7 Å². The van der Waals surface area contributed by atoms with E-state index >= 15 is 0 Å². The molecule has 0 radical (unpaired) electrons. The second kappa shape index (κ2) is 12.9. The number of para-hydroxylation sites is 1. The van der Waals surface area contributed by atoms with Crippen LogP contribution in [-0.4, -0.2) is 23.2 Å². The molecule has 4 aromatic rings. The molecular weight excluding hydrogens is 616 g/mol. The van der Waals surface area contributed by atoms with Crippen LogP contribution in [0.2, 0.25) is 0 Å². The van der Waals surface area contributed by atoms with Gasteiger partial charge in [0.05, 0.1) is 28.5 Å². The summed E-state index contributed by atoms with van der Waals surface area (Å²) in [7, 11) is 0. The van der Waals surface area contributed by atoms with Crippen molar-refractivity contribution in [1.82, 2.24) is 4.57 Å². The van der Waals surface area contributed by atoms with Gasteiger partial charge in [-0.25, -0.2) is 9.79 Å². The van der Waals surface area contributed by atoms with E-state index in [0.29, 0.717) is 38.5 Å². The van der Waals surface area contributed by atoms with Crippen molar-refractivity contribution in [2.75, 3.05) is 6.61 Å². The van der Waals surface area contributed by atoms with Gasteiger partial charge in [-0.2, -0.15) is 0 Å². The molecule has 1 atom stereocenters. The molecule has 0 fully saturated rings. The number of halogens is 1. The van der Waals surface area contributed by atoms with Crippen LogP contribution in [0.5, 0.6) is 11.5 Å². The van der Waals surface area contributed by atoms with Gasteiger partial charge < -0.3 is 14.2 Å². The number of carbonyl (C=O) groups excluding carboxylic acids is 1. The zero-order valence-electron chi connectivity index (χ0n) is 23.8. The van der Waals surface area contributed by atoms with E-state index in [1.54, 1.807) is 18.4 Å². The highest BCUT2D eigenvalue weighted by Crippen LogP contribution is 2.36. The fourth-order valence-corrected chi connectivity index (χ4v) is 6.02. The second-order valence-corrected chi connectivity index (χ2v) is 11.9. The first-order chi connectivity index (χ1) is 20.2. The van der Waals surface area contributed by atoms with E-state index in [1.165, 1.54) is 11.3 Å². The fraction of sp³-hybridized carbons (Fsp3) is 0.242. The maximum atomic E-state index is 14.0. The van der Waals surface area contributed by atoms with Crippen LogP contribution in [0.15, 0.2) is 98.3 Å². The highest BCUT2D eigenvalue weighted by molar-refractivity contribution is 9.10. The molecule has 3 aromatic carbocycles. The number of hydrogen-bond donors (Lipinski definition) is 0. The standard InChI is InChI=1S/C33H31BrN2O5S/c1-5-39-32(38)29-21(4)35-33-36(30(29)26-8-6-7-9-27(26)41-20(2)3)31(37)28(42-33)18-22-12-16-25(17-13-22)40-19-23-10-14-24(34)15-11-23/h6-18,20,30H,5,19H2,1-4H3/b28-18+/t30-/m0/s1. The van der Waals surface area contributed by atoms with E-state index in [0.717, 1.165) is 21.3 Å². The lowest BCUT2D eigenvalue weighted by molar-refractivity contribution is -0.139. The second-order valence-electron chi connectivity index (χ2n) is 9.99. The number of carbonyl (C=O) groups is 1. The predicted molar refractivity (Wildman–Crippen MR) is 168 cm³/mol. The van der Waals surface area contributed by atoms with Crippen LogP contribution < -0.4 is 24.4 Å². The smallest absolute Gasteiger partial charge is 0.338 e. The Morgan fingerprint density at radius 1 is 1.07 bits per heavy atom. The van der Waals surface area contributed by atoms with Crippen molar-refractivity contribution < 1.29 is 19.0 Å². The lowest BCUT2D eigenvalue weighted by Crippen LogP contribution is -2.40. The molecule has 0 amide bonds. The summed E-state index contributed by atoms with van der Waals surface area (Å²) in [4.78, 5) is 32.4. The minimum atomic E-state index is -0.744. The third kappa shape index (κ3) is 6.42. The molecule has 9 heteroatoms. The van der Waals surface area contributed by atoms with Gasteiger partial charge in [-0.05, 0) is 75.2 Å².